The van der Waals surface area contributed by atoms with Gasteiger partial charge in [-0.1, -0.05) is 0 Å². The quantitative estimate of drug-likeness (QED) is 0.589. The average Bonchev–Trinajstić information content (AvgIpc) is 3.00. The molecule has 1 atom stereocenters. The predicted octanol–water partition coefficient (Wildman–Crippen LogP) is 1.63. The Morgan fingerprint density at radius 1 is 1.53 bits per heavy atom. The van der Waals surface area contributed by atoms with Crippen molar-refractivity contribution in [1.29, 1.82) is 0 Å². The Labute approximate surface area is 101 Å². The Morgan fingerprint density at radius 3 is 3.06 bits per heavy atom. The van der Waals surface area contributed by atoms with Crippen LogP contribution < -0.4 is 11.3 Å². The fourth-order valence-electron chi connectivity index (χ4n) is 1.96. The number of nitrogens with two attached hydrogens (primary N) is 1. The van der Waals surface area contributed by atoms with E-state index in [1.54, 1.807) is 12.5 Å². The topological polar surface area (TPSA) is 69.0 Å². The third kappa shape index (κ3) is 2.75. The van der Waals surface area contributed by atoms with Gasteiger partial charge in [0.2, 0.25) is 0 Å². The second kappa shape index (κ2) is 5.65. The van der Waals surface area contributed by atoms with Gasteiger partial charge < -0.3 is 4.42 Å². The van der Waals surface area contributed by atoms with Gasteiger partial charge in [0.15, 0.2) is 0 Å². The molecule has 17 heavy (non-hydrogen) atoms. The van der Waals surface area contributed by atoms with Crippen LogP contribution in [0.1, 0.15) is 30.8 Å². The number of hydrogen-bond acceptors (Lipinski definition) is 4. The minimum atomic E-state index is 0.0996. The number of hydrogen-bond donors (Lipinski definition) is 2. The largest absolute Gasteiger partial charge is 0.469 e. The Bertz CT molecular complexity index is 435. The van der Waals surface area contributed by atoms with Crippen LogP contribution >= 0.6 is 0 Å². The van der Waals surface area contributed by atoms with Gasteiger partial charge in [-0.2, -0.15) is 5.10 Å². The molecule has 0 bridgehead atoms. The van der Waals surface area contributed by atoms with Crippen LogP contribution in [0.25, 0.3) is 0 Å². The lowest BCUT2D eigenvalue weighted by atomic mass is 10.1. The summed E-state index contributed by atoms with van der Waals surface area (Å²) in [6.07, 6.45) is 5.24. The first-order chi connectivity index (χ1) is 8.35. The molecule has 0 fully saturated rings. The highest BCUT2D eigenvalue weighted by Gasteiger charge is 2.14. The summed E-state index contributed by atoms with van der Waals surface area (Å²) in [6, 6.07) is 5.97. The van der Waals surface area contributed by atoms with Crippen LogP contribution in [-0.4, -0.2) is 9.78 Å². The van der Waals surface area contributed by atoms with Crippen LogP contribution in [0, 0.1) is 0 Å². The van der Waals surface area contributed by atoms with E-state index in [1.807, 2.05) is 22.9 Å². The maximum atomic E-state index is 5.61. The van der Waals surface area contributed by atoms with E-state index in [4.69, 9.17) is 10.3 Å². The van der Waals surface area contributed by atoms with Gasteiger partial charge >= 0.3 is 0 Å². The van der Waals surface area contributed by atoms with Crippen molar-refractivity contribution in [2.75, 3.05) is 0 Å². The number of hydrazine groups is 1. The molecule has 0 aliphatic heterocycles. The summed E-state index contributed by atoms with van der Waals surface area (Å²) in [7, 11) is 0. The number of furan rings is 1. The molecular formula is C12H18N4O. The van der Waals surface area contributed by atoms with Gasteiger partial charge in [0, 0.05) is 19.2 Å². The van der Waals surface area contributed by atoms with Crippen molar-refractivity contribution in [3.8, 4) is 0 Å². The molecule has 0 amide bonds. The fourth-order valence-corrected chi connectivity index (χ4v) is 1.96. The lowest BCUT2D eigenvalue weighted by molar-refractivity contribution is 0.436. The molecule has 3 N–H and O–H groups in total. The summed E-state index contributed by atoms with van der Waals surface area (Å²) in [5, 5.41) is 4.25. The molecule has 5 heteroatoms. The van der Waals surface area contributed by atoms with Crippen molar-refractivity contribution < 1.29 is 4.42 Å². The van der Waals surface area contributed by atoms with E-state index < -0.39 is 0 Å². The Morgan fingerprint density at radius 2 is 2.41 bits per heavy atom. The highest BCUT2D eigenvalue weighted by Crippen LogP contribution is 2.18. The summed E-state index contributed by atoms with van der Waals surface area (Å²) in [5.41, 5.74) is 3.95. The lowest BCUT2D eigenvalue weighted by Crippen LogP contribution is -2.30. The molecule has 5 nitrogen and oxygen atoms in total. The van der Waals surface area contributed by atoms with E-state index in [0.717, 1.165) is 30.8 Å². The lowest BCUT2D eigenvalue weighted by Gasteiger charge is -2.16. The van der Waals surface area contributed by atoms with Crippen molar-refractivity contribution in [3.05, 3.63) is 42.1 Å². The summed E-state index contributed by atoms with van der Waals surface area (Å²) in [5.74, 6) is 6.58. The number of nitrogens with one attached hydrogen (secondary N) is 1. The molecule has 0 aliphatic carbocycles. The molecule has 0 spiro atoms. The van der Waals surface area contributed by atoms with Crippen LogP contribution in [0.2, 0.25) is 0 Å². The number of nitrogens with zero attached hydrogens (tertiary/aromatic N) is 2. The van der Waals surface area contributed by atoms with E-state index in [1.165, 1.54) is 0 Å². The maximum absolute atomic E-state index is 5.61. The van der Waals surface area contributed by atoms with Crippen LogP contribution in [0.15, 0.2) is 35.1 Å². The summed E-state index contributed by atoms with van der Waals surface area (Å²) < 4.78 is 7.26. The van der Waals surface area contributed by atoms with E-state index >= 15 is 0 Å². The zero-order chi connectivity index (χ0) is 12.1. The highest BCUT2D eigenvalue weighted by molar-refractivity contribution is 5.08. The van der Waals surface area contributed by atoms with Crippen LogP contribution in [0.4, 0.5) is 0 Å². The smallest absolute Gasteiger partial charge is 0.103 e. The third-order valence-corrected chi connectivity index (χ3v) is 2.87. The Kier molecular flexibility index (Phi) is 3.95. The molecule has 1 unspecified atom stereocenters. The van der Waals surface area contributed by atoms with Crippen LogP contribution in [0.3, 0.4) is 0 Å². The van der Waals surface area contributed by atoms with Gasteiger partial charge in [-0.25, -0.2) is 0 Å². The zero-order valence-electron chi connectivity index (χ0n) is 9.97. The third-order valence-electron chi connectivity index (χ3n) is 2.87. The van der Waals surface area contributed by atoms with E-state index in [2.05, 4.69) is 17.4 Å². The summed E-state index contributed by atoms with van der Waals surface area (Å²) in [6.45, 7) is 2.91. The Hall–Kier alpha value is -1.59. The molecule has 92 valence electrons. The predicted molar refractivity (Wildman–Crippen MR) is 65.0 cm³/mol. The summed E-state index contributed by atoms with van der Waals surface area (Å²) in [4.78, 5) is 0. The molecule has 2 aromatic heterocycles. The zero-order valence-corrected chi connectivity index (χ0v) is 9.97. The van der Waals surface area contributed by atoms with Crippen molar-refractivity contribution in [2.45, 2.75) is 32.4 Å². The monoisotopic (exact) mass is 234 g/mol. The first-order valence-electron chi connectivity index (χ1n) is 5.85. The van der Waals surface area contributed by atoms with E-state index in [9.17, 15) is 0 Å². The standard InChI is InChI=1S/C12H18N4O/c1-2-16-12(7-8-14-16)11(15-13)6-5-10-4-3-9-17-10/h3-4,7-9,11,15H,2,5-6,13H2,1H3. The van der Waals surface area contributed by atoms with Gasteiger partial charge in [-0.15, -0.1) is 0 Å². The first-order valence-corrected chi connectivity index (χ1v) is 5.85. The first kappa shape index (κ1) is 11.9. The normalized spacial score (nSPS) is 12.8. The minimum Gasteiger partial charge on any atom is -0.469 e. The SMILES string of the molecule is CCn1nccc1C(CCc1ccco1)NN. The maximum Gasteiger partial charge on any atom is 0.103 e. The Balaban J connectivity index is 2.01. The molecule has 0 saturated carbocycles. The average molecular weight is 234 g/mol. The number of aryl methyl sites for hydroxylation is 2. The van der Waals surface area contributed by atoms with Crippen molar-refractivity contribution in [1.82, 2.24) is 15.2 Å². The molecule has 0 radical (unpaired) electrons. The molecule has 2 aromatic rings. The molecule has 2 heterocycles. The van der Waals surface area contributed by atoms with Gasteiger partial charge in [-0.05, 0) is 31.5 Å². The van der Waals surface area contributed by atoms with Gasteiger partial charge in [0.1, 0.15) is 5.76 Å². The molecule has 0 saturated heterocycles. The summed E-state index contributed by atoms with van der Waals surface area (Å²) >= 11 is 0. The van der Waals surface area contributed by atoms with Gasteiger partial charge in [-0.3, -0.25) is 16.0 Å². The molecule has 0 aromatic carbocycles. The van der Waals surface area contributed by atoms with Crippen LogP contribution in [0.5, 0.6) is 0 Å². The molecule has 0 aliphatic rings. The second-order valence-corrected chi connectivity index (χ2v) is 3.91. The fraction of sp³-hybridized carbons (Fsp3) is 0.417. The number of rotatable bonds is 6. The van der Waals surface area contributed by atoms with E-state index in [0.29, 0.717) is 0 Å². The van der Waals surface area contributed by atoms with Crippen molar-refractivity contribution in [3.63, 3.8) is 0 Å². The minimum absolute atomic E-state index is 0.0996. The van der Waals surface area contributed by atoms with Crippen molar-refractivity contribution in [2.24, 2.45) is 5.84 Å². The van der Waals surface area contributed by atoms with Crippen LogP contribution in [-0.2, 0) is 13.0 Å². The molecular weight excluding hydrogens is 216 g/mol. The van der Waals surface area contributed by atoms with Gasteiger partial charge in [0.05, 0.1) is 18.0 Å². The van der Waals surface area contributed by atoms with E-state index in [-0.39, 0.29) is 6.04 Å². The highest BCUT2D eigenvalue weighted by atomic mass is 16.3. The van der Waals surface area contributed by atoms with Gasteiger partial charge in [0.25, 0.3) is 0 Å². The number of aromatic nitrogens is 2. The second-order valence-electron chi connectivity index (χ2n) is 3.91. The van der Waals surface area contributed by atoms with Crippen molar-refractivity contribution >= 4 is 0 Å². The molecule has 2 rings (SSSR count).